The van der Waals surface area contributed by atoms with Crippen LogP contribution in [-0.2, 0) is 11.2 Å². The van der Waals surface area contributed by atoms with Crippen molar-refractivity contribution in [1.29, 1.82) is 0 Å². The summed E-state index contributed by atoms with van der Waals surface area (Å²) in [5.74, 6) is 0.153. The Kier molecular flexibility index (Phi) is 4.99. The number of benzene rings is 2. The molecule has 2 aromatic rings. The third-order valence-electron chi connectivity index (χ3n) is 5.83. The SMILES string of the molecule is CC(=O)N[C@H]1CN(C(=O)c2cccc3c2CCC3=O)CC[C@H]1c1ccccc1. The van der Waals surface area contributed by atoms with Gasteiger partial charge in [-0.3, -0.25) is 14.4 Å². The molecule has 0 unspecified atom stereocenters. The summed E-state index contributed by atoms with van der Waals surface area (Å²) < 4.78 is 0. The molecule has 2 aromatic carbocycles. The monoisotopic (exact) mass is 376 g/mol. The number of nitrogens with zero attached hydrogens (tertiary/aromatic N) is 1. The van der Waals surface area contributed by atoms with Crippen molar-refractivity contribution in [3.8, 4) is 0 Å². The second-order valence-electron chi connectivity index (χ2n) is 7.62. The van der Waals surface area contributed by atoms with Gasteiger partial charge in [0.05, 0.1) is 6.04 Å². The predicted octanol–water partition coefficient (Wildman–Crippen LogP) is 2.95. The number of hydrogen-bond acceptors (Lipinski definition) is 3. The molecule has 5 nitrogen and oxygen atoms in total. The second kappa shape index (κ2) is 7.58. The van der Waals surface area contributed by atoms with Crippen LogP contribution in [0.1, 0.15) is 57.5 Å². The molecule has 0 saturated carbocycles. The van der Waals surface area contributed by atoms with Gasteiger partial charge in [-0.15, -0.1) is 0 Å². The van der Waals surface area contributed by atoms with E-state index >= 15 is 0 Å². The van der Waals surface area contributed by atoms with Crippen LogP contribution < -0.4 is 5.32 Å². The molecule has 4 rings (SSSR count). The van der Waals surface area contributed by atoms with E-state index in [0.717, 1.165) is 12.0 Å². The predicted molar refractivity (Wildman–Crippen MR) is 106 cm³/mol. The lowest BCUT2D eigenvalue weighted by Gasteiger charge is -2.39. The van der Waals surface area contributed by atoms with Crippen molar-refractivity contribution in [3.63, 3.8) is 0 Å². The Bertz CT molecular complexity index is 923. The largest absolute Gasteiger partial charge is 0.351 e. The van der Waals surface area contributed by atoms with Crippen LogP contribution in [0.2, 0.25) is 0 Å². The van der Waals surface area contributed by atoms with Crippen LogP contribution >= 0.6 is 0 Å². The standard InChI is InChI=1S/C23H24N2O3/c1-15(26)24-21-14-25(13-12-17(21)16-6-3-2-4-7-16)23(28)20-9-5-8-19-18(20)10-11-22(19)27/h2-9,17,21H,10-14H2,1H3,(H,24,26)/t17-,21-/m0/s1. The molecule has 1 saturated heterocycles. The summed E-state index contributed by atoms with van der Waals surface area (Å²) in [4.78, 5) is 38.9. The summed E-state index contributed by atoms with van der Waals surface area (Å²) in [6.45, 7) is 2.61. The lowest BCUT2D eigenvalue weighted by Crippen LogP contribution is -2.52. The fourth-order valence-electron chi connectivity index (χ4n) is 4.50. The molecule has 0 aromatic heterocycles. The number of ketones is 1. The summed E-state index contributed by atoms with van der Waals surface area (Å²) in [5.41, 5.74) is 3.37. The number of amides is 2. The molecule has 0 radical (unpaired) electrons. The molecule has 1 aliphatic heterocycles. The Morgan fingerprint density at radius 1 is 1.04 bits per heavy atom. The summed E-state index contributed by atoms with van der Waals surface area (Å²) in [7, 11) is 0. The molecule has 144 valence electrons. The number of rotatable bonds is 3. The van der Waals surface area contributed by atoms with Crippen LogP contribution in [0, 0.1) is 0 Å². The number of carbonyl (C=O) groups excluding carboxylic acids is 3. The Hall–Kier alpha value is -2.95. The van der Waals surface area contributed by atoms with Crippen LogP contribution in [0.3, 0.4) is 0 Å². The highest BCUT2D eigenvalue weighted by atomic mass is 16.2. The maximum absolute atomic E-state index is 13.2. The van der Waals surface area contributed by atoms with E-state index in [1.165, 1.54) is 12.5 Å². The topological polar surface area (TPSA) is 66.5 Å². The van der Waals surface area contributed by atoms with E-state index in [1.807, 2.05) is 35.2 Å². The highest BCUT2D eigenvalue weighted by Crippen LogP contribution is 2.31. The summed E-state index contributed by atoms with van der Waals surface area (Å²) >= 11 is 0. The third-order valence-corrected chi connectivity index (χ3v) is 5.83. The molecule has 0 bridgehead atoms. The quantitative estimate of drug-likeness (QED) is 0.896. The fourth-order valence-corrected chi connectivity index (χ4v) is 4.50. The van der Waals surface area contributed by atoms with Crippen molar-refractivity contribution in [2.24, 2.45) is 0 Å². The van der Waals surface area contributed by atoms with Crippen LogP contribution in [-0.4, -0.2) is 41.6 Å². The number of nitrogens with one attached hydrogen (secondary N) is 1. The summed E-state index contributed by atoms with van der Waals surface area (Å²) in [5, 5.41) is 3.04. The first-order valence-electron chi connectivity index (χ1n) is 9.81. The van der Waals surface area contributed by atoms with Crippen LogP contribution in [0.4, 0.5) is 0 Å². The number of carbonyl (C=O) groups is 3. The molecule has 1 N–H and O–H groups in total. The zero-order valence-electron chi connectivity index (χ0n) is 16.0. The normalized spacial score (nSPS) is 21.3. The van der Waals surface area contributed by atoms with Gasteiger partial charge in [-0.25, -0.2) is 0 Å². The molecule has 1 aliphatic carbocycles. The first-order chi connectivity index (χ1) is 13.5. The summed E-state index contributed by atoms with van der Waals surface area (Å²) in [6, 6.07) is 15.4. The molecular formula is C23H24N2O3. The van der Waals surface area contributed by atoms with Crippen molar-refractivity contribution < 1.29 is 14.4 Å². The molecule has 0 spiro atoms. The lowest BCUT2D eigenvalue weighted by atomic mass is 9.85. The van der Waals surface area contributed by atoms with Crippen molar-refractivity contribution in [2.45, 2.75) is 38.1 Å². The van der Waals surface area contributed by atoms with Crippen LogP contribution in [0.5, 0.6) is 0 Å². The van der Waals surface area contributed by atoms with Crippen LogP contribution in [0.25, 0.3) is 0 Å². The number of likely N-dealkylation sites (tertiary alicyclic amines) is 1. The summed E-state index contributed by atoms with van der Waals surface area (Å²) in [6.07, 6.45) is 1.89. The lowest BCUT2D eigenvalue weighted by molar-refractivity contribution is -0.120. The van der Waals surface area contributed by atoms with Gasteiger partial charge in [0.2, 0.25) is 5.91 Å². The Morgan fingerprint density at radius 3 is 2.57 bits per heavy atom. The number of piperidine rings is 1. The highest BCUT2D eigenvalue weighted by Gasteiger charge is 2.34. The molecular weight excluding hydrogens is 352 g/mol. The van der Waals surface area contributed by atoms with Crippen molar-refractivity contribution in [2.75, 3.05) is 13.1 Å². The maximum atomic E-state index is 13.2. The van der Waals surface area contributed by atoms with Crippen LogP contribution in [0.15, 0.2) is 48.5 Å². The average molecular weight is 376 g/mol. The molecule has 1 fully saturated rings. The van der Waals surface area contributed by atoms with Gasteiger partial charge in [-0.1, -0.05) is 42.5 Å². The fraction of sp³-hybridized carbons (Fsp3) is 0.348. The van der Waals surface area contributed by atoms with E-state index < -0.39 is 0 Å². The van der Waals surface area contributed by atoms with E-state index in [1.54, 1.807) is 6.07 Å². The minimum Gasteiger partial charge on any atom is -0.351 e. The van der Waals surface area contributed by atoms with E-state index in [0.29, 0.717) is 37.1 Å². The molecule has 28 heavy (non-hydrogen) atoms. The van der Waals surface area contributed by atoms with Gasteiger partial charge in [0, 0.05) is 43.5 Å². The number of Topliss-reactive ketones (excluding diaryl/α,β-unsaturated/α-hetero) is 1. The first kappa shape index (κ1) is 18.4. The maximum Gasteiger partial charge on any atom is 0.254 e. The van der Waals surface area contributed by atoms with E-state index in [2.05, 4.69) is 17.4 Å². The van der Waals surface area contributed by atoms with E-state index in [-0.39, 0.29) is 29.6 Å². The van der Waals surface area contributed by atoms with E-state index in [9.17, 15) is 14.4 Å². The van der Waals surface area contributed by atoms with Gasteiger partial charge in [0.15, 0.2) is 5.78 Å². The zero-order chi connectivity index (χ0) is 19.7. The van der Waals surface area contributed by atoms with Gasteiger partial charge in [-0.2, -0.15) is 0 Å². The Labute approximate surface area is 164 Å². The van der Waals surface area contributed by atoms with Crippen molar-refractivity contribution in [1.82, 2.24) is 10.2 Å². The molecule has 2 amide bonds. The molecule has 1 heterocycles. The van der Waals surface area contributed by atoms with Gasteiger partial charge in [-0.05, 0) is 30.0 Å². The average Bonchev–Trinajstić information content (AvgIpc) is 3.09. The zero-order valence-corrected chi connectivity index (χ0v) is 16.0. The van der Waals surface area contributed by atoms with E-state index in [4.69, 9.17) is 0 Å². The van der Waals surface area contributed by atoms with Crippen molar-refractivity contribution >= 4 is 17.6 Å². The van der Waals surface area contributed by atoms with Gasteiger partial charge < -0.3 is 10.2 Å². The van der Waals surface area contributed by atoms with Gasteiger partial charge in [0.1, 0.15) is 0 Å². The highest BCUT2D eigenvalue weighted by molar-refractivity contribution is 6.05. The minimum absolute atomic E-state index is 0.0478. The Balaban J connectivity index is 1.58. The molecule has 2 aliphatic rings. The van der Waals surface area contributed by atoms with Crippen molar-refractivity contribution in [3.05, 3.63) is 70.8 Å². The number of fused-ring (bicyclic) bond motifs is 1. The van der Waals surface area contributed by atoms with Gasteiger partial charge in [0.25, 0.3) is 5.91 Å². The molecule has 5 heteroatoms. The third kappa shape index (κ3) is 3.44. The minimum atomic E-state index is -0.129. The second-order valence-corrected chi connectivity index (χ2v) is 7.62. The Morgan fingerprint density at radius 2 is 1.82 bits per heavy atom. The van der Waals surface area contributed by atoms with Gasteiger partial charge >= 0.3 is 0 Å². The number of hydrogen-bond donors (Lipinski definition) is 1. The first-order valence-corrected chi connectivity index (χ1v) is 9.81. The molecule has 2 atom stereocenters. The smallest absolute Gasteiger partial charge is 0.254 e.